The molecule has 7 heteroatoms. The van der Waals surface area contributed by atoms with Gasteiger partial charge in [-0.25, -0.2) is 4.79 Å². The van der Waals surface area contributed by atoms with Gasteiger partial charge in [-0.1, -0.05) is 0 Å². The molecule has 0 unspecified atom stereocenters. The normalized spacial score (nSPS) is 20.8. The minimum absolute atomic E-state index is 0.446. The Bertz CT molecular complexity index is 574. The van der Waals surface area contributed by atoms with Crippen molar-refractivity contribution in [3.8, 4) is 5.75 Å². The molecule has 0 aliphatic carbocycles. The highest BCUT2D eigenvalue weighted by molar-refractivity contribution is 7.85. The van der Waals surface area contributed by atoms with E-state index in [0.29, 0.717) is 18.3 Å². The van der Waals surface area contributed by atoms with E-state index in [1.807, 2.05) is 32.9 Å². The topological polar surface area (TPSA) is 76.7 Å². The van der Waals surface area contributed by atoms with Gasteiger partial charge in [0.05, 0.1) is 0 Å². The highest BCUT2D eigenvalue weighted by atomic mass is 32.2. The molecule has 0 saturated carbocycles. The Kier molecular flexibility index (Phi) is 7.25. The van der Waals surface area contributed by atoms with Gasteiger partial charge in [-0.15, -0.1) is 0 Å². The third-order valence-electron chi connectivity index (χ3n) is 3.69. The number of rotatable bonds is 6. The summed E-state index contributed by atoms with van der Waals surface area (Å²) in [7, 11) is -0.621. The fourth-order valence-electron chi connectivity index (χ4n) is 2.49. The van der Waals surface area contributed by atoms with Crippen molar-refractivity contribution in [1.29, 1.82) is 0 Å². The molecule has 0 aromatic heterocycles. The van der Waals surface area contributed by atoms with Crippen LogP contribution in [-0.4, -0.2) is 46.6 Å². The fraction of sp³-hybridized carbons (Fsp3) is 0.611. The van der Waals surface area contributed by atoms with Crippen molar-refractivity contribution < 1.29 is 18.5 Å². The lowest BCUT2D eigenvalue weighted by Crippen LogP contribution is -2.37. The van der Waals surface area contributed by atoms with Gasteiger partial charge in [-0.2, -0.15) is 0 Å². The summed E-state index contributed by atoms with van der Waals surface area (Å²) in [6, 6.07) is 7.64. The molecule has 1 heterocycles. The first-order valence-electron chi connectivity index (χ1n) is 8.63. The van der Waals surface area contributed by atoms with E-state index in [1.165, 1.54) is 0 Å². The minimum atomic E-state index is -0.621. The van der Waals surface area contributed by atoms with Crippen LogP contribution in [0.3, 0.4) is 0 Å². The summed E-state index contributed by atoms with van der Waals surface area (Å²) in [5, 5.41) is 6.12. The number of nitrogens with one attached hydrogen (secondary N) is 2. The molecule has 2 N–H and O–H groups in total. The van der Waals surface area contributed by atoms with Crippen LogP contribution in [0, 0.1) is 0 Å². The van der Waals surface area contributed by atoms with Gasteiger partial charge in [0, 0.05) is 40.6 Å². The second kappa shape index (κ2) is 9.20. The van der Waals surface area contributed by atoms with Crippen LogP contribution in [0.5, 0.6) is 5.75 Å². The van der Waals surface area contributed by atoms with E-state index in [0.717, 1.165) is 36.6 Å². The van der Waals surface area contributed by atoms with Crippen molar-refractivity contribution in [2.45, 2.75) is 45.3 Å². The van der Waals surface area contributed by atoms with Gasteiger partial charge < -0.3 is 14.8 Å². The Balaban J connectivity index is 1.66. The standard InChI is InChI=1S/C18H28N2O4S/c1-18(2,3)24-17(21)20-15-4-6-16(7-5-15)23-11-10-19-14-8-12-25(22)13-9-14/h4-7,14,19H,8-13H2,1-3H3,(H,20,21). The molecule has 1 saturated heterocycles. The molecule has 25 heavy (non-hydrogen) atoms. The van der Waals surface area contributed by atoms with E-state index >= 15 is 0 Å². The van der Waals surface area contributed by atoms with Crippen LogP contribution in [0.15, 0.2) is 24.3 Å². The van der Waals surface area contributed by atoms with Crippen molar-refractivity contribution in [3.05, 3.63) is 24.3 Å². The van der Waals surface area contributed by atoms with Crippen molar-refractivity contribution in [2.75, 3.05) is 30.0 Å². The molecule has 1 aromatic rings. The summed E-state index contributed by atoms with van der Waals surface area (Å²) >= 11 is 0. The summed E-state index contributed by atoms with van der Waals surface area (Å²) < 4.78 is 22.2. The number of ether oxygens (including phenoxy) is 2. The lowest BCUT2D eigenvalue weighted by atomic mass is 10.1. The summed E-state index contributed by atoms with van der Waals surface area (Å²) in [4.78, 5) is 11.7. The average Bonchev–Trinajstić information content (AvgIpc) is 2.53. The smallest absolute Gasteiger partial charge is 0.412 e. The number of amides is 1. The van der Waals surface area contributed by atoms with Crippen LogP contribution in [0.4, 0.5) is 10.5 Å². The van der Waals surface area contributed by atoms with Crippen molar-refractivity contribution in [3.63, 3.8) is 0 Å². The molecule has 6 nitrogen and oxygen atoms in total. The lowest BCUT2D eigenvalue weighted by molar-refractivity contribution is 0.0636. The molecular formula is C18H28N2O4S. The van der Waals surface area contributed by atoms with Crippen LogP contribution >= 0.6 is 0 Å². The second-order valence-corrected chi connectivity index (χ2v) is 8.77. The van der Waals surface area contributed by atoms with E-state index in [9.17, 15) is 9.00 Å². The van der Waals surface area contributed by atoms with Gasteiger partial charge in [0.15, 0.2) is 0 Å². The predicted molar refractivity (Wildman–Crippen MR) is 101 cm³/mol. The number of hydrogen-bond acceptors (Lipinski definition) is 5. The van der Waals surface area contributed by atoms with Crippen LogP contribution in [-0.2, 0) is 15.5 Å². The first-order chi connectivity index (χ1) is 11.8. The maximum Gasteiger partial charge on any atom is 0.412 e. The third kappa shape index (κ3) is 7.88. The Morgan fingerprint density at radius 3 is 2.44 bits per heavy atom. The molecule has 1 fully saturated rings. The molecule has 1 amide bonds. The summed E-state index contributed by atoms with van der Waals surface area (Å²) in [6.07, 6.45) is 1.47. The first-order valence-corrected chi connectivity index (χ1v) is 10.1. The average molecular weight is 368 g/mol. The van der Waals surface area contributed by atoms with E-state index in [1.54, 1.807) is 12.1 Å². The van der Waals surface area contributed by atoms with Gasteiger partial charge in [-0.05, 0) is 57.9 Å². The number of carbonyl (C=O) groups excluding carboxylic acids is 1. The number of benzene rings is 1. The maximum atomic E-state index is 11.7. The Labute approximate surface area is 152 Å². The van der Waals surface area contributed by atoms with Crippen molar-refractivity contribution in [1.82, 2.24) is 5.32 Å². The molecular weight excluding hydrogens is 340 g/mol. The number of carbonyl (C=O) groups is 1. The summed E-state index contributed by atoms with van der Waals surface area (Å²) in [5.41, 5.74) is 0.142. The number of anilines is 1. The van der Waals surface area contributed by atoms with Crippen LogP contribution in [0.2, 0.25) is 0 Å². The van der Waals surface area contributed by atoms with E-state index in [-0.39, 0.29) is 0 Å². The van der Waals surface area contributed by atoms with Gasteiger partial charge >= 0.3 is 6.09 Å². The van der Waals surface area contributed by atoms with E-state index in [2.05, 4.69) is 10.6 Å². The zero-order chi connectivity index (χ0) is 18.3. The first kappa shape index (κ1) is 19.7. The summed E-state index contributed by atoms with van der Waals surface area (Å²) in [6.45, 7) is 6.80. The molecule has 2 rings (SSSR count). The van der Waals surface area contributed by atoms with Gasteiger partial charge in [-0.3, -0.25) is 9.53 Å². The highest BCUT2D eigenvalue weighted by Gasteiger charge is 2.17. The van der Waals surface area contributed by atoms with E-state index in [4.69, 9.17) is 9.47 Å². The summed E-state index contributed by atoms with van der Waals surface area (Å²) in [5.74, 6) is 2.34. The third-order valence-corrected chi connectivity index (χ3v) is 5.07. The van der Waals surface area contributed by atoms with Crippen LogP contribution in [0.1, 0.15) is 33.6 Å². The van der Waals surface area contributed by atoms with Crippen LogP contribution < -0.4 is 15.4 Å². The monoisotopic (exact) mass is 368 g/mol. The number of hydrogen-bond donors (Lipinski definition) is 2. The van der Waals surface area contributed by atoms with Gasteiger partial charge in [0.1, 0.15) is 18.0 Å². The Morgan fingerprint density at radius 1 is 1.20 bits per heavy atom. The zero-order valence-corrected chi connectivity index (χ0v) is 16.0. The highest BCUT2D eigenvalue weighted by Crippen LogP contribution is 2.17. The fourth-order valence-corrected chi connectivity index (χ4v) is 3.78. The maximum absolute atomic E-state index is 11.7. The SMILES string of the molecule is CC(C)(C)OC(=O)Nc1ccc(OCCNC2CCS(=O)CC2)cc1. The van der Waals surface area contributed by atoms with Crippen molar-refractivity contribution >= 4 is 22.6 Å². The van der Waals surface area contributed by atoms with Gasteiger partial charge in [0.2, 0.25) is 0 Å². The van der Waals surface area contributed by atoms with Crippen LogP contribution in [0.25, 0.3) is 0 Å². The predicted octanol–water partition coefficient (Wildman–Crippen LogP) is 2.91. The zero-order valence-electron chi connectivity index (χ0n) is 15.2. The van der Waals surface area contributed by atoms with E-state index < -0.39 is 22.5 Å². The van der Waals surface area contributed by atoms with Gasteiger partial charge in [0.25, 0.3) is 0 Å². The molecule has 0 bridgehead atoms. The quantitative estimate of drug-likeness (QED) is 0.755. The Morgan fingerprint density at radius 2 is 1.84 bits per heavy atom. The largest absolute Gasteiger partial charge is 0.492 e. The van der Waals surface area contributed by atoms with Crippen molar-refractivity contribution in [2.24, 2.45) is 0 Å². The lowest BCUT2D eigenvalue weighted by Gasteiger charge is -2.22. The minimum Gasteiger partial charge on any atom is -0.492 e. The molecule has 1 aliphatic heterocycles. The molecule has 0 atom stereocenters. The Hall–Kier alpha value is -1.60. The second-order valence-electron chi connectivity index (χ2n) is 7.08. The molecule has 140 valence electrons. The molecule has 1 aromatic carbocycles. The molecule has 0 spiro atoms. The molecule has 1 aliphatic rings. The molecule has 0 radical (unpaired) electrons.